The molecular weight excluding hydrogens is 830 g/mol. The van der Waals surface area contributed by atoms with Gasteiger partial charge in [-0.2, -0.15) is 0 Å². The Balaban J connectivity index is 0.00000104. The Hall–Kier alpha value is -7.78. The summed E-state index contributed by atoms with van der Waals surface area (Å²) in [6, 6.07) is 25.8. The third-order valence-electron chi connectivity index (χ3n) is 9.82. The van der Waals surface area contributed by atoms with Crippen LogP contribution in [-0.4, -0.2) is 40.5 Å². The van der Waals surface area contributed by atoms with Crippen LogP contribution in [0.1, 0.15) is 28.5 Å². The summed E-state index contributed by atoms with van der Waals surface area (Å²) in [5, 5.41) is 27.3. The molecule has 17 heteroatoms. The first-order chi connectivity index (χ1) is 28.8. The number of H-pyrrole nitrogens is 2. The Morgan fingerprint density at radius 2 is 0.623 bits per heavy atom. The van der Waals surface area contributed by atoms with Crippen LogP contribution < -0.4 is 18.3 Å². The molecule has 2 aliphatic rings. The van der Waals surface area contributed by atoms with Crippen molar-refractivity contribution in [2.24, 2.45) is 28.2 Å². The summed E-state index contributed by atoms with van der Waals surface area (Å²) in [4.78, 5) is 35.2. The van der Waals surface area contributed by atoms with Crippen molar-refractivity contribution >= 4 is 46.4 Å². The van der Waals surface area contributed by atoms with Gasteiger partial charge in [0, 0.05) is 118 Å². The van der Waals surface area contributed by atoms with E-state index < -0.39 is 10.2 Å². The van der Waals surface area contributed by atoms with Crippen molar-refractivity contribution in [3.8, 4) is 44.5 Å². The Labute approximate surface area is 367 Å². The van der Waals surface area contributed by atoms with Gasteiger partial charge < -0.3 is 20.4 Å². The Kier molecular flexibility index (Phi) is 12.9. The molecule has 0 fully saturated rings. The van der Waals surface area contributed by atoms with E-state index in [0.29, 0.717) is 0 Å². The summed E-state index contributed by atoms with van der Waals surface area (Å²) in [5.41, 5.74) is 15.9. The molecule has 0 aromatic carbocycles. The number of pyridine rings is 4. The zero-order chi connectivity index (χ0) is 42.5. The largest absolute Gasteiger partial charge is 0.354 e. The molecule has 61 heavy (non-hydrogen) atoms. The topological polar surface area (TPSA) is 200 Å². The first-order valence-corrected chi connectivity index (χ1v) is 18.5. The average Bonchev–Trinajstić information content (AvgIpc) is 4.05. The maximum absolute atomic E-state index is 8.36. The molecule has 9 rings (SSSR count). The van der Waals surface area contributed by atoms with E-state index >= 15 is 0 Å². The van der Waals surface area contributed by atoms with E-state index in [2.05, 4.69) is 157 Å². The van der Waals surface area contributed by atoms with Crippen molar-refractivity contribution < 1.29 is 64.0 Å². The molecule has 9 heterocycles. The zero-order valence-corrected chi connectivity index (χ0v) is 36.6. The molecule has 308 valence electrons. The summed E-state index contributed by atoms with van der Waals surface area (Å²) in [6.07, 6.45) is 25.2. The number of fused-ring (bicyclic) bond motifs is 8. The van der Waals surface area contributed by atoms with E-state index in [1.807, 2.05) is 46.5 Å². The third kappa shape index (κ3) is 9.75. The second kappa shape index (κ2) is 18.4. The van der Waals surface area contributed by atoms with E-state index in [4.69, 9.17) is 40.6 Å². The molecule has 0 amide bonds. The minimum absolute atomic E-state index is 0. The molecule has 0 saturated heterocycles. The van der Waals surface area contributed by atoms with Crippen LogP contribution in [0.3, 0.4) is 0 Å². The molecule has 16 nitrogen and oxygen atoms in total. The number of nitrogens with zero attached hydrogens (tertiary/aromatic N) is 8. The van der Waals surface area contributed by atoms with Gasteiger partial charge in [0.15, 0.2) is 49.6 Å². The summed E-state index contributed by atoms with van der Waals surface area (Å²) in [7, 11) is 8.14. The Morgan fingerprint density at radius 3 is 0.803 bits per heavy atom. The zero-order valence-electron chi connectivity index (χ0n) is 33.7. The average molecular weight is 886 g/mol. The smallest absolute Gasteiger partial charge is 0.291 e. The van der Waals surface area contributed by atoms with Crippen molar-refractivity contribution in [3.63, 3.8) is 0 Å². The molecule has 2 aliphatic heterocycles. The van der Waals surface area contributed by atoms with Gasteiger partial charge >= 0.3 is 0 Å². The van der Waals surface area contributed by atoms with Gasteiger partial charge in [-0.25, -0.2) is 28.2 Å². The van der Waals surface area contributed by atoms with E-state index in [9.17, 15) is 0 Å². The standard InChI is InChI=1S/C44H37N8.2HNO3.Zn.4H2/c1-49-21-13-29(14-22-49)41-33-5-7-35(45-33)42(30-15-23-50(2)24-16-30)37-9-11-39(47-37)44(32-19-27-52(4)28-20-32)40-12-10-38(48-40)43(36-8-6-34(41)46-36)31-17-25-51(3)26-18-31;2*2-1(3)4;;;;;/h5-28H,1-4H3,(H,45,46,47,48);2*(H,2,3,4);;4*1H/q+3;;;;;;;/p+1/i;;;;4*1+2. The van der Waals surface area contributed by atoms with Crippen molar-refractivity contribution in [1.29, 1.82) is 0 Å². The minimum atomic E-state index is -1.50. The van der Waals surface area contributed by atoms with Crippen LogP contribution in [0.5, 0.6) is 0 Å². The van der Waals surface area contributed by atoms with Crippen molar-refractivity contribution in [3.05, 3.63) is 165 Å². The first kappa shape index (κ1) is 42.8. The van der Waals surface area contributed by atoms with E-state index in [-0.39, 0.29) is 25.2 Å². The van der Waals surface area contributed by atoms with Gasteiger partial charge in [0.2, 0.25) is 0 Å². The number of aryl methyl sites for hydroxylation is 4. The maximum atomic E-state index is 8.36. The molecule has 0 saturated carbocycles. The summed E-state index contributed by atoms with van der Waals surface area (Å²) in [5.74, 6) is 0. The SMILES string of the molecule is C[n+]1ccc(-c2c3nc(c(-c4cc[n+](C)cc4)c4ccc([nH]4)c(-c4cc[n+](C)cc4)c4nc(c(-c5cc[n+](C)cc5)c5ccc2[nH]5)C=C4)C=C3)cc1.O=[N+]([O-])O.O=[N+]([O-])O.[3HH].[3HH].[3HH].[3HH].[Zn]. The molecular formula is C44H48N10O6Zn+4. The molecule has 7 aromatic rings. The van der Waals surface area contributed by atoms with Gasteiger partial charge in [0.1, 0.15) is 28.2 Å². The Morgan fingerprint density at radius 1 is 0.443 bits per heavy atom. The van der Waals surface area contributed by atoms with Gasteiger partial charge in [-0.3, -0.25) is 0 Å². The molecule has 0 spiro atoms. The fourth-order valence-corrected chi connectivity index (χ4v) is 7.09. The normalized spacial score (nSPS) is 11.1. The predicted octanol–water partition coefficient (Wildman–Crippen LogP) is 6.91. The van der Waals surface area contributed by atoms with Gasteiger partial charge in [-0.1, -0.05) is 0 Å². The molecule has 8 bridgehead atoms. The number of hydrogen-bond acceptors (Lipinski definition) is 6. The predicted molar refractivity (Wildman–Crippen MR) is 231 cm³/mol. The molecule has 4 N–H and O–H groups in total. The quantitative estimate of drug-likeness (QED) is 0.0633. The second-order valence-corrected chi connectivity index (χ2v) is 14.0. The van der Waals surface area contributed by atoms with Gasteiger partial charge in [0.05, 0.1) is 22.8 Å². The minimum Gasteiger partial charge on any atom is -0.354 e. The maximum Gasteiger partial charge on any atom is 0.291 e. The fraction of sp³-hybridized carbons (Fsp3) is 0.0909. The third-order valence-corrected chi connectivity index (χ3v) is 9.82. The number of nitrogens with one attached hydrogen (secondary N) is 2. The van der Waals surface area contributed by atoms with Crippen LogP contribution in [0.25, 0.3) is 90.9 Å². The van der Waals surface area contributed by atoms with Crippen LogP contribution >= 0.6 is 0 Å². The first-order valence-electron chi connectivity index (χ1n) is 18.5. The Bertz CT molecular complexity index is 2610. The number of hydrogen-bond donors (Lipinski definition) is 4. The molecule has 0 unspecified atom stereocenters. The number of aromatic nitrogens is 8. The fourth-order valence-electron chi connectivity index (χ4n) is 7.09. The number of aromatic amines is 2. The van der Waals surface area contributed by atoms with Crippen LogP contribution in [0.2, 0.25) is 0 Å². The van der Waals surface area contributed by atoms with Crippen LogP contribution in [0.15, 0.2) is 122 Å². The van der Waals surface area contributed by atoms with Gasteiger partial charge in [-0.15, -0.1) is 20.2 Å². The summed E-state index contributed by atoms with van der Waals surface area (Å²) in [6.45, 7) is 0. The molecule has 0 radical (unpaired) electrons. The van der Waals surface area contributed by atoms with Crippen LogP contribution in [-0.2, 0) is 47.7 Å². The molecule has 0 aliphatic carbocycles. The molecule has 0 atom stereocenters. The summed E-state index contributed by atoms with van der Waals surface area (Å²) < 4.78 is 8.20. The van der Waals surface area contributed by atoms with E-state index in [1.165, 1.54) is 0 Å². The summed E-state index contributed by atoms with van der Waals surface area (Å²) >= 11 is 0. The van der Waals surface area contributed by atoms with Crippen LogP contribution in [0.4, 0.5) is 0 Å². The van der Waals surface area contributed by atoms with Crippen molar-refractivity contribution in [2.75, 3.05) is 0 Å². The second-order valence-electron chi connectivity index (χ2n) is 14.0. The molecule has 7 aromatic heterocycles. The monoisotopic (exact) mass is 884 g/mol. The van der Waals surface area contributed by atoms with Gasteiger partial charge in [0.25, 0.3) is 10.2 Å². The van der Waals surface area contributed by atoms with E-state index in [1.54, 1.807) is 0 Å². The van der Waals surface area contributed by atoms with Crippen molar-refractivity contribution in [1.82, 2.24) is 19.9 Å². The van der Waals surface area contributed by atoms with Crippen molar-refractivity contribution in [2.45, 2.75) is 0 Å². The van der Waals surface area contributed by atoms with Crippen LogP contribution in [0, 0.1) is 20.2 Å². The number of rotatable bonds is 4. The van der Waals surface area contributed by atoms with E-state index in [0.717, 1.165) is 89.4 Å². The van der Waals surface area contributed by atoms with Gasteiger partial charge in [-0.05, 0) is 70.8 Å².